The minimum absolute atomic E-state index is 0.0365. The lowest BCUT2D eigenvalue weighted by atomic mass is 9.98. The number of hydrogen-bond donors (Lipinski definition) is 2. The third-order valence-electron chi connectivity index (χ3n) is 7.33. The molecule has 2 amide bonds. The fraction of sp³-hybridized carbons (Fsp3) is 0.276. The normalized spacial score (nSPS) is 17.1. The third kappa shape index (κ3) is 4.40. The van der Waals surface area contributed by atoms with Gasteiger partial charge in [-0.2, -0.15) is 0 Å². The number of benzene rings is 2. The van der Waals surface area contributed by atoms with E-state index in [1.807, 2.05) is 37.3 Å². The van der Waals surface area contributed by atoms with Gasteiger partial charge in [-0.15, -0.1) is 0 Å². The summed E-state index contributed by atoms with van der Waals surface area (Å²) >= 11 is 0. The van der Waals surface area contributed by atoms with E-state index in [0.29, 0.717) is 24.5 Å². The van der Waals surface area contributed by atoms with Gasteiger partial charge in [-0.3, -0.25) is 9.69 Å². The maximum atomic E-state index is 13.5. The van der Waals surface area contributed by atoms with E-state index in [9.17, 15) is 9.59 Å². The number of nitrogens with one attached hydrogen (secondary N) is 2. The number of rotatable bonds is 6. The molecule has 6 rings (SSSR count). The molecule has 2 aromatic heterocycles. The van der Waals surface area contributed by atoms with Gasteiger partial charge >= 0.3 is 6.09 Å². The minimum atomic E-state index is -0.633. The molecule has 0 saturated carbocycles. The van der Waals surface area contributed by atoms with Gasteiger partial charge in [0.25, 0.3) is 0 Å². The second kappa shape index (κ2) is 10.1. The molecule has 2 aromatic carbocycles. The lowest BCUT2D eigenvalue weighted by Gasteiger charge is -2.26. The summed E-state index contributed by atoms with van der Waals surface area (Å²) in [5, 5.41) is 3.04. The number of aromatic nitrogens is 4. The Morgan fingerprint density at radius 3 is 2.50 bits per heavy atom. The van der Waals surface area contributed by atoms with E-state index in [1.165, 1.54) is 22.4 Å². The van der Waals surface area contributed by atoms with Crippen LogP contribution in [0.5, 0.6) is 0 Å². The molecular weight excluding hydrogens is 480 g/mol. The van der Waals surface area contributed by atoms with Crippen molar-refractivity contribution >= 4 is 12.0 Å². The maximum absolute atomic E-state index is 13.5. The van der Waals surface area contributed by atoms with Gasteiger partial charge in [-0.25, -0.2) is 19.7 Å². The quantitative estimate of drug-likeness (QED) is 0.405. The molecule has 2 unspecified atom stereocenters. The largest absolute Gasteiger partial charge is 0.448 e. The minimum Gasteiger partial charge on any atom is -0.448 e. The number of aromatic amines is 1. The Morgan fingerprint density at radius 2 is 1.82 bits per heavy atom. The summed E-state index contributed by atoms with van der Waals surface area (Å²) in [6.07, 6.45) is 5.59. The third-order valence-corrected chi connectivity index (χ3v) is 7.33. The summed E-state index contributed by atoms with van der Waals surface area (Å²) in [5.74, 6) is 0.251. The first-order chi connectivity index (χ1) is 18.6. The number of H-pyrrole nitrogens is 1. The molecule has 2 atom stereocenters. The van der Waals surface area contributed by atoms with E-state index < -0.39 is 18.2 Å². The van der Waals surface area contributed by atoms with Crippen molar-refractivity contribution in [1.29, 1.82) is 0 Å². The van der Waals surface area contributed by atoms with E-state index in [0.717, 1.165) is 23.2 Å². The number of imidazole rings is 1. The molecule has 1 saturated heterocycles. The first-order valence-corrected chi connectivity index (χ1v) is 12.8. The van der Waals surface area contributed by atoms with Crippen molar-refractivity contribution < 1.29 is 14.3 Å². The van der Waals surface area contributed by atoms with Gasteiger partial charge in [-0.05, 0) is 48.1 Å². The van der Waals surface area contributed by atoms with Crippen LogP contribution in [0.15, 0.2) is 73.3 Å². The number of fused-ring (bicyclic) bond motifs is 3. The molecule has 0 spiro atoms. The van der Waals surface area contributed by atoms with Crippen LogP contribution in [0.3, 0.4) is 0 Å². The number of hydrogen-bond acceptors (Lipinski definition) is 6. The number of amides is 2. The summed E-state index contributed by atoms with van der Waals surface area (Å²) in [4.78, 5) is 44.1. The number of nitrogens with zero attached hydrogens (tertiary/aromatic N) is 4. The fourth-order valence-corrected chi connectivity index (χ4v) is 5.52. The van der Waals surface area contributed by atoms with Gasteiger partial charge in [0.15, 0.2) is 0 Å². The van der Waals surface area contributed by atoms with E-state index in [2.05, 4.69) is 49.5 Å². The molecule has 1 aliphatic carbocycles. The highest BCUT2D eigenvalue weighted by Crippen LogP contribution is 2.44. The van der Waals surface area contributed by atoms with Crippen molar-refractivity contribution in [3.05, 3.63) is 102 Å². The number of carbonyl (C=O) groups excluding carboxylic acids is 2. The van der Waals surface area contributed by atoms with Gasteiger partial charge in [-0.1, -0.05) is 48.5 Å². The highest BCUT2D eigenvalue weighted by molar-refractivity contribution is 5.87. The Balaban J connectivity index is 1.16. The van der Waals surface area contributed by atoms with E-state index in [4.69, 9.17) is 4.74 Å². The number of carbonyl (C=O) groups is 2. The van der Waals surface area contributed by atoms with Crippen molar-refractivity contribution in [3.8, 4) is 11.1 Å². The van der Waals surface area contributed by atoms with Gasteiger partial charge in [0.1, 0.15) is 30.8 Å². The number of aryl methyl sites for hydroxylation is 1. The summed E-state index contributed by atoms with van der Waals surface area (Å²) < 4.78 is 5.85. The van der Waals surface area contributed by atoms with Gasteiger partial charge in [0.2, 0.25) is 5.91 Å². The second-order valence-corrected chi connectivity index (χ2v) is 9.66. The van der Waals surface area contributed by atoms with Gasteiger partial charge in [0.05, 0.1) is 5.69 Å². The monoisotopic (exact) mass is 508 g/mol. The molecule has 2 aliphatic rings. The van der Waals surface area contributed by atoms with Crippen molar-refractivity contribution in [2.75, 3.05) is 13.2 Å². The summed E-state index contributed by atoms with van der Waals surface area (Å²) in [5.41, 5.74) is 6.05. The zero-order chi connectivity index (χ0) is 26.1. The van der Waals surface area contributed by atoms with Crippen LogP contribution in [0.1, 0.15) is 53.1 Å². The topological polar surface area (TPSA) is 113 Å². The molecule has 0 radical (unpaired) electrons. The van der Waals surface area contributed by atoms with Crippen LogP contribution in [0.2, 0.25) is 0 Å². The lowest BCUT2D eigenvalue weighted by Crippen LogP contribution is -2.47. The van der Waals surface area contributed by atoms with Crippen molar-refractivity contribution in [2.24, 2.45) is 0 Å². The Kier molecular flexibility index (Phi) is 6.33. The van der Waals surface area contributed by atoms with Crippen LogP contribution in [0.25, 0.3) is 11.1 Å². The SMILES string of the molecule is Cc1cc(C(NC(=O)C2CCCN2C(=O)OCC2c3ccccc3-c3ccccc32)c2ncc[nH]2)ncn1. The van der Waals surface area contributed by atoms with E-state index >= 15 is 0 Å². The molecule has 192 valence electrons. The predicted octanol–water partition coefficient (Wildman–Crippen LogP) is 4.13. The first-order valence-electron chi connectivity index (χ1n) is 12.8. The number of ether oxygens (including phenoxy) is 1. The molecular formula is C29H28N6O3. The Hall–Kier alpha value is -4.53. The smallest absolute Gasteiger partial charge is 0.410 e. The number of likely N-dealkylation sites (tertiary alicyclic amines) is 1. The second-order valence-electron chi connectivity index (χ2n) is 9.66. The molecule has 9 heteroatoms. The highest BCUT2D eigenvalue weighted by atomic mass is 16.6. The molecule has 9 nitrogen and oxygen atoms in total. The molecule has 0 bridgehead atoms. The van der Waals surface area contributed by atoms with E-state index in [1.54, 1.807) is 12.4 Å². The molecule has 4 aromatic rings. The molecule has 1 aliphatic heterocycles. The zero-order valence-electron chi connectivity index (χ0n) is 21.0. The van der Waals surface area contributed by atoms with Crippen molar-refractivity contribution in [2.45, 2.75) is 37.8 Å². The van der Waals surface area contributed by atoms with Crippen LogP contribution in [-0.2, 0) is 9.53 Å². The first kappa shape index (κ1) is 23.8. The van der Waals surface area contributed by atoms with Gasteiger partial charge < -0.3 is 15.0 Å². The molecule has 3 heterocycles. The van der Waals surface area contributed by atoms with Crippen molar-refractivity contribution in [3.63, 3.8) is 0 Å². The zero-order valence-corrected chi connectivity index (χ0v) is 21.0. The van der Waals surface area contributed by atoms with Crippen molar-refractivity contribution in [1.82, 2.24) is 30.2 Å². The standard InChI is InChI=1S/C29H28N6O3/c1-18-15-24(33-17-32-18)26(27-30-12-13-31-27)34-28(36)25-11-6-14-35(25)29(37)38-16-23-21-9-4-2-7-19(21)20-8-3-5-10-22(20)23/h2-5,7-10,12-13,15,17,23,25-26H,6,11,14,16H2,1H3,(H,30,31)(H,34,36). The molecule has 1 fully saturated rings. The Bertz CT molecular complexity index is 1430. The molecule has 2 N–H and O–H groups in total. The van der Waals surface area contributed by atoms with E-state index in [-0.39, 0.29) is 18.4 Å². The predicted molar refractivity (Wildman–Crippen MR) is 140 cm³/mol. The fourth-order valence-electron chi connectivity index (χ4n) is 5.52. The average molecular weight is 509 g/mol. The Labute approximate surface area is 220 Å². The lowest BCUT2D eigenvalue weighted by molar-refractivity contribution is -0.125. The van der Waals surface area contributed by atoms with Crippen LogP contribution < -0.4 is 5.32 Å². The van der Waals surface area contributed by atoms with Crippen LogP contribution >= 0.6 is 0 Å². The van der Waals surface area contributed by atoms with Crippen LogP contribution in [0.4, 0.5) is 4.79 Å². The average Bonchev–Trinajstić information content (AvgIpc) is 3.70. The maximum Gasteiger partial charge on any atom is 0.410 e. The Morgan fingerprint density at radius 1 is 1.08 bits per heavy atom. The van der Waals surface area contributed by atoms with Gasteiger partial charge in [0, 0.05) is 30.6 Å². The highest BCUT2D eigenvalue weighted by Gasteiger charge is 2.38. The summed E-state index contributed by atoms with van der Waals surface area (Å²) in [7, 11) is 0. The molecule has 38 heavy (non-hydrogen) atoms. The summed E-state index contributed by atoms with van der Waals surface area (Å²) in [6.45, 7) is 2.54. The van der Waals surface area contributed by atoms with Crippen LogP contribution in [0, 0.1) is 6.92 Å². The van der Waals surface area contributed by atoms with Crippen LogP contribution in [-0.4, -0.2) is 56.0 Å². The summed E-state index contributed by atoms with van der Waals surface area (Å²) in [6, 6.07) is 17.0.